The molecule has 1 aliphatic heterocycles. The van der Waals surface area contributed by atoms with Gasteiger partial charge in [-0.25, -0.2) is 0 Å². The highest BCUT2D eigenvalue weighted by Gasteiger charge is 2.27. The molecule has 0 saturated carbocycles. The van der Waals surface area contributed by atoms with Crippen LogP contribution in [0.25, 0.3) is 0 Å². The van der Waals surface area contributed by atoms with Crippen LogP contribution in [-0.2, 0) is 15.9 Å². The van der Waals surface area contributed by atoms with E-state index in [1.165, 1.54) is 6.07 Å². The first-order chi connectivity index (χ1) is 9.38. The summed E-state index contributed by atoms with van der Waals surface area (Å²) in [6.45, 7) is 1.81. The molecule has 1 unspecified atom stereocenters. The zero-order valence-corrected chi connectivity index (χ0v) is 11.7. The molecule has 1 atom stereocenters. The zero-order chi connectivity index (χ0) is 14.8. The molecule has 4 N–H and O–H groups in total. The summed E-state index contributed by atoms with van der Waals surface area (Å²) in [4.78, 5) is 31.5. The van der Waals surface area contributed by atoms with Crippen molar-refractivity contribution in [1.29, 1.82) is 0 Å². The van der Waals surface area contributed by atoms with Gasteiger partial charge in [-0.2, -0.15) is 0 Å². The maximum absolute atomic E-state index is 11.4. The summed E-state index contributed by atoms with van der Waals surface area (Å²) in [6.07, 6.45) is 0. The van der Waals surface area contributed by atoms with Crippen LogP contribution in [0, 0.1) is 0 Å². The second kappa shape index (κ2) is 6.03. The molecule has 1 saturated heterocycles. The molecule has 0 radical (unpaired) electrons. The van der Waals surface area contributed by atoms with Crippen molar-refractivity contribution in [2.24, 2.45) is 0 Å². The van der Waals surface area contributed by atoms with E-state index in [-0.39, 0.29) is 5.30 Å². The van der Waals surface area contributed by atoms with Crippen LogP contribution in [0.3, 0.4) is 0 Å². The van der Waals surface area contributed by atoms with Crippen LogP contribution in [-0.4, -0.2) is 51.4 Å². The van der Waals surface area contributed by atoms with Gasteiger partial charge in [-0.05, 0) is 11.6 Å². The Balaban J connectivity index is 2.14. The molecule has 20 heavy (non-hydrogen) atoms. The quantitative estimate of drug-likeness (QED) is 0.547. The Morgan fingerprint density at radius 2 is 2.10 bits per heavy atom. The van der Waals surface area contributed by atoms with E-state index < -0.39 is 19.6 Å². The van der Waals surface area contributed by atoms with Crippen molar-refractivity contribution in [1.82, 2.24) is 10.2 Å². The van der Waals surface area contributed by atoms with Crippen molar-refractivity contribution in [3.8, 4) is 0 Å². The monoisotopic (exact) mass is 300 g/mol. The minimum absolute atomic E-state index is 0.00501. The van der Waals surface area contributed by atoms with E-state index in [2.05, 4.69) is 5.32 Å². The number of nitrogens with zero attached hydrogens (tertiary/aromatic N) is 1. The molecule has 0 bridgehead atoms. The summed E-state index contributed by atoms with van der Waals surface area (Å²) < 4.78 is 11.4. The Kier molecular flexibility index (Phi) is 4.57. The third-order valence-corrected chi connectivity index (χ3v) is 4.32. The highest BCUT2D eigenvalue weighted by Crippen LogP contribution is 2.34. The number of nitrogens with one attached hydrogen (secondary N) is 1. The van der Waals surface area contributed by atoms with Crippen LogP contribution >= 0.6 is 7.60 Å². The fraction of sp³-hybridized carbons (Fsp3) is 0.417. The summed E-state index contributed by atoms with van der Waals surface area (Å²) in [7, 11) is -4.32. The molecular formula is C12H17N2O5P. The van der Waals surface area contributed by atoms with Crippen LogP contribution < -0.4 is 10.6 Å². The minimum atomic E-state index is -4.32. The highest BCUT2D eigenvalue weighted by atomic mass is 31.2. The number of carboxylic acids is 1. The molecular weight excluding hydrogens is 283 g/mol. The minimum Gasteiger partial charge on any atom is -0.480 e. The fourth-order valence-electron chi connectivity index (χ4n) is 2.29. The Morgan fingerprint density at radius 1 is 1.40 bits per heavy atom. The molecule has 0 spiro atoms. The van der Waals surface area contributed by atoms with Gasteiger partial charge in [-0.1, -0.05) is 18.2 Å². The predicted molar refractivity (Wildman–Crippen MR) is 72.8 cm³/mol. The lowest BCUT2D eigenvalue weighted by Crippen LogP contribution is -2.53. The van der Waals surface area contributed by atoms with Crippen LogP contribution in [0.5, 0.6) is 0 Å². The van der Waals surface area contributed by atoms with Crippen molar-refractivity contribution in [2.75, 3.05) is 19.6 Å². The van der Waals surface area contributed by atoms with Crippen LogP contribution in [0.15, 0.2) is 24.3 Å². The lowest BCUT2D eigenvalue weighted by molar-refractivity contribution is -0.140. The summed E-state index contributed by atoms with van der Waals surface area (Å²) >= 11 is 0. The van der Waals surface area contributed by atoms with E-state index in [1.807, 2.05) is 4.90 Å². The molecule has 1 aromatic carbocycles. The van der Waals surface area contributed by atoms with Gasteiger partial charge in [0.15, 0.2) is 0 Å². The van der Waals surface area contributed by atoms with Crippen molar-refractivity contribution in [2.45, 2.75) is 12.6 Å². The first-order valence-electron chi connectivity index (χ1n) is 6.20. The molecule has 0 amide bonds. The van der Waals surface area contributed by atoms with E-state index in [0.717, 1.165) is 0 Å². The molecule has 1 heterocycles. The average molecular weight is 300 g/mol. The SMILES string of the molecule is O=C(O)C1CN(Cc2ccccc2P(=O)(O)O)CCN1. The number of carboxylic acid groups (broad SMARTS) is 1. The molecule has 1 fully saturated rings. The molecule has 110 valence electrons. The number of rotatable bonds is 4. The number of hydrogen-bond donors (Lipinski definition) is 4. The lowest BCUT2D eigenvalue weighted by Gasteiger charge is -2.32. The second-order valence-corrected chi connectivity index (χ2v) is 6.32. The molecule has 1 aliphatic rings. The number of benzene rings is 1. The third kappa shape index (κ3) is 3.65. The Labute approximate surface area is 116 Å². The summed E-state index contributed by atoms with van der Waals surface area (Å²) in [5, 5.41) is 11.9. The van der Waals surface area contributed by atoms with E-state index in [0.29, 0.717) is 31.7 Å². The van der Waals surface area contributed by atoms with Crippen molar-refractivity contribution < 1.29 is 24.3 Å². The molecule has 0 aromatic heterocycles. The predicted octanol–water partition coefficient (Wildman–Crippen LogP) is -0.652. The van der Waals surface area contributed by atoms with E-state index >= 15 is 0 Å². The van der Waals surface area contributed by atoms with Gasteiger partial charge in [0.05, 0.1) is 5.30 Å². The zero-order valence-electron chi connectivity index (χ0n) is 10.8. The largest absolute Gasteiger partial charge is 0.480 e. The van der Waals surface area contributed by atoms with Gasteiger partial charge >= 0.3 is 13.6 Å². The average Bonchev–Trinajstić information content (AvgIpc) is 2.38. The van der Waals surface area contributed by atoms with Gasteiger partial charge in [-0.15, -0.1) is 0 Å². The molecule has 0 aliphatic carbocycles. The van der Waals surface area contributed by atoms with Gasteiger partial charge in [0, 0.05) is 26.2 Å². The Bertz CT molecular complexity index is 544. The third-order valence-electron chi connectivity index (χ3n) is 3.26. The summed E-state index contributed by atoms with van der Waals surface area (Å²) in [5.41, 5.74) is 0.534. The fourth-order valence-corrected chi connectivity index (χ4v) is 3.09. The van der Waals surface area contributed by atoms with Crippen LogP contribution in [0.1, 0.15) is 5.56 Å². The number of piperazine rings is 1. The smallest absolute Gasteiger partial charge is 0.356 e. The van der Waals surface area contributed by atoms with Gasteiger partial charge in [0.2, 0.25) is 0 Å². The van der Waals surface area contributed by atoms with E-state index in [4.69, 9.17) is 5.11 Å². The standard InChI is InChI=1S/C12H17N2O5P/c15-12(16)10-8-14(6-5-13-10)7-9-3-1-2-4-11(9)20(17,18)19/h1-4,10,13H,5-8H2,(H,15,16)(H2,17,18,19). The Hall–Kier alpha value is -1.24. The van der Waals surface area contributed by atoms with Crippen LogP contribution in [0.2, 0.25) is 0 Å². The van der Waals surface area contributed by atoms with Crippen LogP contribution in [0.4, 0.5) is 0 Å². The van der Waals surface area contributed by atoms with Gasteiger partial charge in [0.1, 0.15) is 6.04 Å². The molecule has 7 nitrogen and oxygen atoms in total. The topological polar surface area (TPSA) is 110 Å². The van der Waals surface area contributed by atoms with Crippen molar-refractivity contribution in [3.05, 3.63) is 29.8 Å². The first-order valence-corrected chi connectivity index (χ1v) is 7.82. The van der Waals surface area contributed by atoms with Gasteiger partial charge < -0.3 is 20.2 Å². The summed E-state index contributed by atoms with van der Waals surface area (Å²) in [5.74, 6) is -0.919. The maximum atomic E-state index is 11.4. The molecule has 2 rings (SSSR count). The summed E-state index contributed by atoms with van der Waals surface area (Å²) in [6, 6.07) is 5.71. The Morgan fingerprint density at radius 3 is 2.75 bits per heavy atom. The molecule has 8 heteroatoms. The highest BCUT2D eigenvalue weighted by molar-refractivity contribution is 7.60. The van der Waals surface area contributed by atoms with Crippen molar-refractivity contribution in [3.63, 3.8) is 0 Å². The normalized spacial score (nSPS) is 20.8. The number of aliphatic carboxylic acids is 1. The van der Waals surface area contributed by atoms with E-state index in [9.17, 15) is 19.1 Å². The van der Waals surface area contributed by atoms with Gasteiger partial charge in [-0.3, -0.25) is 14.3 Å². The van der Waals surface area contributed by atoms with Gasteiger partial charge in [0.25, 0.3) is 0 Å². The maximum Gasteiger partial charge on any atom is 0.356 e. The second-order valence-electron chi connectivity index (χ2n) is 4.75. The first kappa shape index (κ1) is 15.2. The van der Waals surface area contributed by atoms with Crippen molar-refractivity contribution >= 4 is 18.9 Å². The van der Waals surface area contributed by atoms with E-state index in [1.54, 1.807) is 18.2 Å². The number of hydrogen-bond acceptors (Lipinski definition) is 4. The molecule has 1 aromatic rings. The number of carbonyl (C=O) groups is 1. The lowest BCUT2D eigenvalue weighted by atomic mass is 10.1.